The van der Waals surface area contributed by atoms with Crippen LogP contribution in [-0.2, 0) is 22.6 Å². The zero-order chi connectivity index (χ0) is 17.1. The van der Waals surface area contributed by atoms with E-state index in [9.17, 15) is 4.39 Å². The highest BCUT2D eigenvalue weighted by Gasteiger charge is 2.44. The molecule has 5 heteroatoms. The van der Waals surface area contributed by atoms with Crippen LogP contribution in [0.3, 0.4) is 0 Å². The molecular weight excluding hydrogens is 319 g/mol. The Morgan fingerprint density at radius 3 is 2.92 bits per heavy atom. The minimum absolute atomic E-state index is 0.0482. The Morgan fingerprint density at radius 1 is 1.20 bits per heavy atom. The number of pyridine rings is 1. The molecule has 2 aliphatic heterocycles. The van der Waals surface area contributed by atoms with E-state index in [-0.39, 0.29) is 18.0 Å². The summed E-state index contributed by atoms with van der Waals surface area (Å²) in [5.41, 5.74) is 2.12. The van der Waals surface area contributed by atoms with Gasteiger partial charge in [0.15, 0.2) is 0 Å². The first-order valence-corrected chi connectivity index (χ1v) is 8.90. The SMILES string of the molecule is Fc1cccc(CN2C[C@H](OCc3ccncc3)[C@H]3OCCC[C@H]32)c1. The van der Waals surface area contributed by atoms with Crippen molar-refractivity contribution in [2.75, 3.05) is 13.2 Å². The lowest BCUT2D eigenvalue weighted by atomic mass is 10.0. The standard InChI is InChI=1S/C20H23FN2O2/c21-17-4-1-3-16(11-17)12-23-13-19(20-18(23)5-2-10-24-20)25-14-15-6-8-22-9-7-15/h1,3-4,6-9,11,18-20H,2,5,10,12-14H2/t18-,19+,20+/m1/s1. The third-order valence-electron chi connectivity index (χ3n) is 5.07. The van der Waals surface area contributed by atoms with Crippen LogP contribution in [0.1, 0.15) is 24.0 Å². The fraction of sp³-hybridized carbons (Fsp3) is 0.450. The van der Waals surface area contributed by atoms with E-state index in [4.69, 9.17) is 9.47 Å². The number of nitrogens with zero attached hydrogens (tertiary/aromatic N) is 2. The Balaban J connectivity index is 1.44. The third-order valence-corrected chi connectivity index (χ3v) is 5.07. The lowest BCUT2D eigenvalue weighted by molar-refractivity contribution is -0.0819. The van der Waals surface area contributed by atoms with E-state index in [1.54, 1.807) is 24.5 Å². The molecule has 1 aromatic carbocycles. The van der Waals surface area contributed by atoms with Gasteiger partial charge >= 0.3 is 0 Å². The quantitative estimate of drug-likeness (QED) is 0.836. The van der Waals surface area contributed by atoms with E-state index in [1.165, 1.54) is 6.07 Å². The van der Waals surface area contributed by atoms with Crippen molar-refractivity contribution in [2.45, 2.75) is 44.2 Å². The van der Waals surface area contributed by atoms with Crippen LogP contribution in [-0.4, -0.2) is 41.3 Å². The predicted octanol–water partition coefficient (Wildman–Crippen LogP) is 3.17. The van der Waals surface area contributed by atoms with E-state index in [1.807, 2.05) is 18.2 Å². The van der Waals surface area contributed by atoms with Crippen LogP contribution in [0, 0.1) is 5.82 Å². The molecule has 0 saturated carbocycles. The van der Waals surface area contributed by atoms with Crippen LogP contribution in [0.2, 0.25) is 0 Å². The maximum absolute atomic E-state index is 13.5. The Kier molecular flexibility index (Phi) is 5.06. The van der Waals surface area contributed by atoms with Crippen molar-refractivity contribution in [1.82, 2.24) is 9.88 Å². The molecular formula is C20H23FN2O2. The van der Waals surface area contributed by atoms with Crippen molar-refractivity contribution in [3.8, 4) is 0 Å². The topological polar surface area (TPSA) is 34.6 Å². The lowest BCUT2D eigenvalue weighted by Gasteiger charge is -2.32. The maximum Gasteiger partial charge on any atom is 0.123 e. The van der Waals surface area contributed by atoms with Crippen molar-refractivity contribution in [1.29, 1.82) is 0 Å². The average Bonchev–Trinajstić information content (AvgIpc) is 2.99. The van der Waals surface area contributed by atoms with E-state index in [2.05, 4.69) is 9.88 Å². The Bertz CT molecular complexity index is 697. The smallest absolute Gasteiger partial charge is 0.123 e. The Labute approximate surface area is 147 Å². The van der Waals surface area contributed by atoms with Gasteiger partial charge in [0.25, 0.3) is 0 Å². The zero-order valence-electron chi connectivity index (χ0n) is 14.2. The van der Waals surface area contributed by atoms with Crippen molar-refractivity contribution in [2.24, 2.45) is 0 Å². The van der Waals surface area contributed by atoms with Crippen LogP contribution in [0.5, 0.6) is 0 Å². The first kappa shape index (κ1) is 16.6. The number of ether oxygens (including phenoxy) is 2. The summed E-state index contributed by atoms with van der Waals surface area (Å²) in [5.74, 6) is -0.182. The minimum atomic E-state index is -0.182. The number of likely N-dealkylation sites (tertiary alicyclic amines) is 1. The first-order chi connectivity index (χ1) is 12.3. The molecule has 1 aromatic heterocycles. The molecule has 4 nitrogen and oxygen atoms in total. The molecule has 0 spiro atoms. The molecule has 2 saturated heterocycles. The highest BCUT2D eigenvalue weighted by molar-refractivity contribution is 5.17. The molecule has 3 atom stereocenters. The van der Waals surface area contributed by atoms with Crippen molar-refractivity contribution < 1.29 is 13.9 Å². The van der Waals surface area contributed by atoms with Crippen molar-refractivity contribution in [3.63, 3.8) is 0 Å². The summed E-state index contributed by atoms with van der Waals surface area (Å²) in [6.07, 6.45) is 5.89. The number of fused-ring (bicyclic) bond motifs is 1. The molecule has 25 heavy (non-hydrogen) atoms. The van der Waals surface area contributed by atoms with Crippen LogP contribution in [0.25, 0.3) is 0 Å². The molecule has 0 radical (unpaired) electrons. The summed E-state index contributed by atoms with van der Waals surface area (Å²) in [5, 5.41) is 0. The Morgan fingerprint density at radius 2 is 2.08 bits per heavy atom. The van der Waals surface area contributed by atoms with E-state index in [0.717, 1.165) is 43.7 Å². The molecule has 2 aliphatic rings. The van der Waals surface area contributed by atoms with Gasteiger partial charge < -0.3 is 9.47 Å². The number of hydrogen-bond acceptors (Lipinski definition) is 4. The van der Waals surface area contributed by atoms with Crippen LogP contribution in [0.15, 0.2) is 48.8 Å². The van der Waals surface area contributed by atoms with Gasteiger partial charge in [0.2, 0.25) is 0 Å². The highest BCUT2D eigenvalue weighted by atomic mass is 19.1. The number of rotatable bonds is 5. The van der Waals surface area contributed by atoms with Crippen molar-refractivity contribution >= 4 is 0 Å². The monoisotopic (exact) mass is 342 g/mol. The van der Waals surface area contributed by atoms with Crippen LogP contribution >= 0.6 is 0 Å². The fourth-order valence-corrected chi connectivity index (χ4v) is 3.88. The average molecular weight is 342 g/mol. The number of hydrogen-bond donors (Lipinski definition) is 0. The van der Waals surface area contributed by atoms with Crippen LogP contribution in [0.4, 0.5) is 4.39 Å². The van der Waals surface area contributed by atoms with Gasteiger partial charge in [0, 0.05) is 38.1 Å². The van der Waals surface area contributed by atoms with Gasteiger partial charge in [0.05, 0.1) is 12.7 Å². The normalized spacial score (nSPS) is 26.5. The molecule has 4 rings (SSSR count). The summed E-state index contributed by atoms with van der Waals surface area (Å²) in [6.45, 7) is 2.91. The second-order valence-corrected chi connectivity index (χ2v) is 6.81. The molecule has 0 amide bonds. The van der Waals surface area contributed by atoms with Gasteiger partial charge in [0.1, 0.15) is 11.9 Å². The van der Waals surface area contributed by atoms with Gasteiger partial charge in [-0.3, -0.25) is 9.88 Å². The van der Waals surface area contributed by atoms with Crippen molar-refractivity contribution in [3.05, 3.63) is 65.7 Å². The predicted molar refractivity (Wildman–Crippen MR) is 92.4 cm³/mol. The molecule has 0 aliphatic carbocycles. The zero-order valence-corrected chi connectivity index (χ0v) is 14.2. The summed E-state index contributed by atoms with van der Waals surface area (Å²) in [4.78, 5) is 6.42. The largest absolute Gasteiger partial charge is 0.374 e. The molecule has 3 heterocycles. The van der Waals surface area contributed by atoms with Gasteiger partial charge in [-0.25, -0.2) is 4.39 Å². The second-order valence-electron chi connectivity index (χ2n) is 6.81. The lowest BCUT2D eigenvalue weighted by Crippen LogP contribution is -2.41. The molecule has 2 fully saturated rings. The van der Waals surface area contributed by atoms with E-state index in [0.29, 0.717) is 12.6 Å². The summed E-state index contributed by atoms with van der Waals surface area (Å²) in [7, 11) is 0. The molecule has 0 N–H and O–H groups in total. The number of halogens is 1. The minimum Gasteiger partial charge on any atom is -0.374 e. The van der Waals surface area contributed by atoms with Gasteiger partial charge in [-0.2, -0.15) is 0 Å². The van der Waals surface area contributed by atoms with Gasteiger partial charge in [-0.05, 0) is 48.2 Å². The molecule has 132 valence electrons. The highest BCUT2D eigenvalue weighted by Crippen LogP contribution is 2.32. The summed E-state index contributed by atoms with van der Waals surface area (Å²) < 4.78 is 25.7. The number of aromatic nitrogens is 1. The van der Waals surface area contributed by atoms with Gasteiger partial charge in [-0.1, -0.05) is 12.1 Å². The number of benzene rings is 1. The molecule has 0 bridgehead atoms. The van der Waals surface area contributed by atoms with E-state index < -0.39 is 0 Å². The third kappa shape index (κ3) is 3.89. The maximum atomic E-state index is 13.5. The van der Waals surface area contributed by atoms with Gasteiger partial charge in [-0.15, -0.1) is 0 Å². The van der Waals surface area contributed by atoms with E-state index >= 15 is 0 Å². The first-order valence-electron chi connectivity index (χ1n) is 8.90. The Hall–Kier alpha value is -1.82. The summed E-state index contributed by atoms with van der Waals surface area (Å²) in [6, 6.07) is 11.1. The second kappa shape index (κ2) is 7.60. The summed E-state index contributed by atoms with van der Waals surface area (Å²) >= 11 is 0. The molecule has 0 unspecified atom stereocenters. The van der Waals surface area contributed by atoms with Crippen LogP contribution < -0.4 is 0 Å². The fourth-order valence-electron chi connectivity index (χ4n) is 3.88. The molecule has 2 aromatic rings.